The van der Waals surface area contributed by atoms with Gasteiger partial charge in [0.25, 0.3) is 0 Å². The third-order valence-electron chi connectivity index (χ3n) is 3.88. The van der Waals surface area contributed by atoms with Gasteiger partial charge in [0.2, 0.25) is 0 Å². The van der Waals surface area contributed by atoms with Crippen LogP contribution >= 0.6 is 0 Å². The van der Waals surface area contributed by atoms with E-state index in [9.17, 15) is 0 Å². The molecule has 0 radical (unpaired) electrons. The third kappa shape index (κ3) is 1.75. The Hall–Kier alpha value is -0.0800. The maximum absolute atomic E-state index is 5.62. The second-order valence-electron chi connectivity index (χ2n) is 5.50. The molecule has 2 heteroatoms. The molecule has 2 nitrogen and oxygen atoms in total. The highest BCUT2D eigenvalue weighted by atomic mass is 16.6. The molecule has 0 bridgehead atoms. The Morgan fingerprint density at radius 3 is 2.38 bits per heavy atom. The van der Waals surface area contributed by atoms with E-state index in [2.05, 4.69) is 27.9 Å². The Kier molecular flexibility index (Phi) is 2.16. The topological polar surface area (TPSA) is 12.5 Å². The molecule has 0 spiro atoms. The molecule has 2 aliphatic rings. The lowest BCUT2D eigenvalue weighted by atomic mass is 9.88. The van der Waals surface area contributed by atoms with Gasteiger partial charge in [-0.1, -0.05) is 6.92 Å². The van der Waals surface area contributed by atoms with Crippen LogP contribution in [0.3, 0.4) is 0 Å². The van der Waals surface area contributed by atoms with E-state index in [1.54, 1.807) is 0 Å². The van der Waals surface area contributed by atoms with Gasteiger partial charge in [0.05, 0.1) is 26.7 Å². The lowest BCUT2D eigenvalue weighted by Gasteiger charge is -2.43. The Balaban J connectivity index is 2.04. The summed E-state index contributed by atoms with van der Waals surface area (Å²) in [5.41, 5.74) is 0. The van der Waals surface area contributed by atoms with Gasteiger partial charge >= 0.3 is 0 Å². The quantitative estimate of drug-likeness (QED) is 0.446. The minimum atomic E-state index is 0.521. The number of likely N-dealkylation sites (N-methyl/N-ethyl adjacent to an activating group) is 1. The summed E-state index contributed by atoms with van der Waals surface area (Å²) in [6.45, 7) is 5.89. The van der Waals surface area contributed by atoms with Gasteiger partial charge < -0.3 is 9.22 Å². The Morgan fingerprint density at radius 1 is 1.23 bits per heavy atom. The summed E-state index contributed by atoms with van der Waals surface area (Å²) in [7, 11) is 4.70. The maximum atomic E-state index is 5.62. The number of hydrogen-bond acceptors (Lipinski definition) is 1. The number of likely N-dealkylation sites (tertiary alicyclic amines) is 1. The predicted molar refractivity (Wildman–Crippen MR) is 53.5 cm³/mol. The maximum Gasteiger partial charge on any atom is 0.135 e. The zero-order chi connectivity index (χ0) is 9.64. The van der Waals surface area contributed by atoms with Crippen LogP contribution in [0, 0.1) is 5.92 Å². The van der Waals surface area contributed by atoms with Crippen molar-refractivity contribution in [1.82, 2.24) is 0 Å². The van der Waals surface area contributed by atoms with Crippen LogP contribution in [0.4, 0.5) is 0 Å². The van der Waals surface area contributed by atoms with E-state index in [1.165, 1.54) is 23.9 Å². The van der Waals surface area contributed by atoms with Crippen LogP contribution in [-0.4, -0.2) is 43.4 Å². The zero-order valence-corrected chi connectivity index (χ0v) is 9.29. The first-order chi connectivity index (χ1) is 6.00. The second kappa shape index (κ2) is 2.96. The monoisotopic (exact) mass is 184 g/mol. The van der Waals surface area contributed by atoms with Gasteiger partial charge in [-0.3, -0.25) is 0 Å². The van der Waals surface area contributed by atoms with Crippen LogP contribution in [-0.2, 0) is 4.74 Å². The summed E-state index contributed by atoms with van der Waals surface area (Å²) in [5, 5.41) is 0. The summed E-state index contributed by atoms with van der Waals surface area (Å²) < 4.78 is 6.79. The summed E-state index contributed by atoms with van der Waals surface area (Å²) in [6.07, 6.45) is 3.80. The highest BCUT2D eigenvalue weighted by Crippen LogP contribution is 2.37. The number of quaternary nitrogens is 1. The Morgan fingerprint density at radius 2 is 1.85 bits per heavy atom. The molecule has 2 aliphatic heterocycles. The summed E-state index contributed by atoms with van der Waals surface area (Å²) >= 11 is 0. The highest BCUT2D eigenvalue weighted by Gasteiger charge is 2.51. The van der Waals surface area contributed by atoms with Crippen molar-refractivity contribution in [3.8, 4) is 0 Å². The Labute approximate surface area is 81.5 Å². The Bertz CT molecular complexity index is 202. The van der Waals surface area contributed by atoms with Crippen molar-refractivity contribution in [1.29, 1.82) is 0 Å². The first-order valence-electron chi connectivity index (χ1n) is 5.49. The van der Waals surface area contributed by atoms with Gasteiger partial charge in [-0.25, -0.2) is 0 Å². The van der Waals surface area contributed by atoms with Crippen molar-refractivity contribution in [3.05, 3.63) is 0 Å². The molecular formula is C11H22NO+. The smallest absolute Gasteiger partial charge is 0.135 e. The molecule has 0 aliphatic carbocycles. The number of hydrogen-bond donors (Lipinski definition) is 0. The second-order valence-corrected chi connectivity index (χ2v) is 5.50. The molecule has 0 amide bonds. The average molecular weight is 184 g/mol. The van der Waals surface area contributed by atoms with Crippen molar-refractivity contribution in [2.75, 3.05) is 20.6 Å². The number of nitrogens with zero attached hydrogens (tertiary/aromatic N) is 1. The number of piperidine rings is 1. The average Bonchev–Trinajstić information content (AvgIpc) is 2.73. The van der Waals surface area contributed by atoms with E-state index in [1.807, 2.05) is 0 Å². The first kappa shape index (κ1) is 9.47. The van der Waals surface area contributed by atoms with Crippen molar-refractivity contribution in [2.45, 2.75) is 44.9 Å². The molecule has 2 saturated heterocycles. The fraction of sp³-hybridized carbons (Fsp3) is 1.00. The molecule has 4 unspecified atom stereocenters. The van der Waals surface area contributed by atoms with E-state index in [-0.39, 0.29) is 0 Å². The van der Waals surface area contributed by atoms with Crippen molar-refractivity contribution < 1.29 is 9.22 Å². The lowest BCUT2D eigenvalue weighted by Crippen LogP contribution is -2.56. The largest absolute Gasteiger partial charge is 0.363 e. The van der Waals surface area contributed by atoms with Crippen LogP contribution < -0.4 is 0 Å². The van der Waals surface area contributed by atoms with Gasteiger partial charge in [-0.2, -0.15) is 0 Å². The van der Waals surface area contributed by atoms with Gasteiger partial charge in [0.1, 0.15) is 12.1 Å². The molecule has 0 saturated carbocycles. The molecule has 4 atom stereocenters. The van der Waals surface area contributed by atoms with Crippen LogP contribution in [0.5, 0.6) is 0 Å². The van der Waals surface area contributed by atoms with Crippen LogP contribution in [0.15, 0.2) is 0 Å². The van der Waals surface area contributed by atoms with Gasteiger partial charge in [0.15, 0.2) is 0 Å². The van der Waals surface area contributed by atoms with Crippen molar-refractivity contribution in [2.24, 2.45) is 5.92 Å². The molecule has 2 rings (SSSR count). The minimum Gasteiger partial charge on any atom is -0.363 e. The molecule has 2 heterocycles. The van der Waals surface area contributed by atoms with Crippen LogP contribution in [0.25, 0.3) is 0 Å². The third-order valence-corrected chi connectivity index (χ3v) is 3.88. The van der Waals surface area contributed by atoms with Crippen LogP contribution in [0.2, 0.25) is 0 Å². The molecule has 0 aromatic rings. The number of ether oxygens (including phenoxy) is 1. The molecule has 76 valence electrons. The van der Waals surface area contributed by atoms with Gasteiger partial charge in [-0.05, 0) is 19.3 Å². The summed E-state index contributed by atoms with van der Waals surface area (Å²) in [5.74, 6) is 0.896. The predicted octanol–water partition coefficient (Wildman–Crippen LogP) is 1.65. The summed E-state index contributed by atoms with van der Waals surface area (Å²) in [6, 6.07) is 0.749. The van der Waals surface area contributed by atoms with E-state index in [0.29, 0.717) is 12.2 Å². The lowest BCUT2D eigenvalue weighted by molar-refractivity contribution is -0.922. The molecule has 0 aromatic heterocycles. The number of epoxide rings is 1. The molecule has 0 N–H and O–H groups in total. The number of rotatable bonds is 1. The molecule has 2 fully saturated rings. The van der Waals surface area contributed by atoms with Crippen LogP contribution in [0.1, 0.15) is 26.7 Å². The molecule has 0 aromatic carbocycles. The fourth-order valence-electron chi connectivity index (χ4n) is 2.67. The van der Waals surface area contributed by atoms with Gasteiger partial charge in [0, 0.05) is 6.42 Å². The zero-order valence-electron chi connectivity index (χ0n) is 9.29. The van der Waals surface area contributed by atoms with E-state index in [0.717, 1.165) is 12.0 Å². The van der Waals surface area contributed by atoms with E-state index in [4.69, 9.17) is 4.74 Å². The standard InChI is InChI=1S/C11H22NO/c1-8-5-6-12(3,4)10(7-8)11-9(2)13-11/h8-11H,5-7H2,1-4H3/q+1. The SMILES string of the molecule is CC1CC[N+](C)(C)C(C2OC2C)C1. The highest BCUT2D eigenvalue weighted by molar-refractivity contribution is 4.90. The summed E-state index contributed by atoms with van der Waals surface area (Å²) in [4.78, 5) is 0. The normalized spacial score (nSPS) is 48.9. The molecule has 13 heavy (non-hydrogen) atoms. The first-order valence-corrected chi connectivity index (χ1v) is 5.49. The van der Waals surface area contributed by atoms with Crippen molar-refractivity contribution >= 4 is 0 Å². The minimum absolute atomic E-state index is 0.521. The molecular weight excluding hydrogens is 162 g/mol. The van der Waals surface area contributed by atoms with E-state index < -0.39 is 0 Å². The van der Waals surface area contributed by atoms with E-state index >= 15 is 0 Å². The van der Waals surface area contributed by atoms with Crippen molar-refractivity contribution in [3.63, 3.8) is 0 Å². The van der Waals surface area contributed by atoms with Gasteiger partial charge in [-0.15, -0.1) is 0 Å². The fourth-order valence-corrected chi connectivity index (χ4v) is 2.67.